The van der Waals surface area contributed by atoms with Crippen LogP contribution in [0.2, 0.25) is 0 Å². The van der Waals surface area contributed by atoms with Crippen molar-refractivity contribution in [3.05, 3.63) is 0 Å². The zero-order valence-electron chi connectivity index (χ0n) is 114. The van der Waals surface area contributed by atoms with Gasteiger partial charge in [0, 0.05) is 12.5 Å². The van der Waals surface area contributed by atoms with Gasteiger partial charge in [0.15, 0.2) is 0 Å². The number of hydrogen-bond donors (Lipinski definition) is 1. The Morgan fingerprint density at radius 1 is 0.264 bits per heavy atom. The van der Waals surface area contributed by atoms with E-state index in [1.165, 1.54) is 57.8 Å². The SMILES string of the molecule is CC.CC.CC.CC.CC.CC.CC.CC.CC.CC.CC.CC.CC.CC.CC.CC.CC.CC.CC.CC.CC.CC.CC.CC.CC.CC.CC.CC.CC.CC.CC.CC.CC.CC.CC.CC.CC(C)C(C)C.CC1CC(C)C1.CCC(C)(C)C.CCC(C)C.CCC(C)C.CCC(C)OC.CCC(O)CC.CCC1(C)CC1.CCC1(C)COC1. The predicted octanol–water partition coefficient (Wildman–Crippen LogP) is 54.1. The topological polar surface area (TPSA) is 38.7 Å². The second-order valence-electron chi connectivity index (χ2n) is 19.9. The summed E-state index contributed by atoms with van der Waals surface area (Å²) in [4.78, 5) is 0. The van der Waals surface area contributed by atoms with E-state index in [0.717, 1.165) is 73.4 Å². The van der Waals surface area contributed by atoms with E-state index in [4.69, 9.17) is 14.6 Å². The summed E-state index contributed by atoms with van der Waals surface area (Å²) in [7, 11) is 1.73. The molecule has 1 saturated heterocycles. The van der Waals surface area contributed by atoms with Gasteiger partial charge in [-0.25, -0.2) is 0 Å². The van der Waals surface area contributed by atoms with E-state index in [1.807, 2.05) is 512 Å². The quantitative estimate of drug-likeness (QED) is 0.250. The van der Waals surface area contributed by atoms with Crippen LogP contribution in [0.4, 0.5) is 0 Å². The molecule has 2 aliphatic carbocycles. The largest absolute Gasteiger partial charge is 0.393 e. The molecule has 0 aromatic carbocycles. The molecule has 125 heavy (non-hydrogen) atoms. The van der Waals surface area contributed by atoms with Crippen LogP contribution in [-0.2, 0) is 9.47 Å². The van der Waals surface area contributed by atoms with Crippen molar-refractivity contribution >= 4 is 0 Å². The summed E-state index contributed by atoms with van der Waals surface area (Å²) in [6, 6.07) is 0. The third kappa shape index (κ3) is 874. The Kier molecular flexibility index (Phi) is 1250. The second-order valence-corrected chi connectivity index (χ2v) is 19.9. The monoisotopic (exact) mass is 1840 g/mol. The van der Waals surface area contributed by atoms with Crippen LogP contribution >= 0.6 is 0 Å². The molecule has 1 atom stereocenters. The highest BCUT2D eigenvalue weighted by atomic mass is 16.5. The fourth-order valence-corrected chi connectivity index (χ4v) is 2.98. The molecule has 0 bridgehead atoms. The molecule has 1 aliphatic heterocycles. The van der Waals surface area contributed by atoms with Crippen molar-refractivity contribution in [1.82, 2.24) is 0 Å². The molecule has 1 heterocycles. The van der Waals surface area contributed by atoms with E-state index < -0.39 is 0 Å². The first-order chi connectivity index (χ1) is 60.2. The van der Waals surface area contributed by atoms with E-state index in [-0.39, 0.29) is 6.10 Å². The Balaban J connectivity index is -0.0000000143. The van der Waals surface area contributed by atoms with Crippen molar-refractivity contribution in [1.29, 1.82) is 0 Å². The summed E-state index contributed by atoms with van der Waals surface area (Å²) in [6.07, 6.45) is 15.7. The summed E-state index contributed by atoms with van der Waals surface area (Å²) in [5.41, 5.74) is 1.88. The van der Waals surface area contributed by atoms with Crippen molar-refractivity contribution < 1.29 is 14.6 Å². The molecule has 1 unspecified atom stereocenters. The molecule has 0 radical (unpaired) electrons. The van der Waals surface area contributed by atoms with Gasteiger partial charge in [-0.2, -0.15) is 0 Å². The van der Waals surface area contributed by atoms with Gasteiger partial charge in [-0.15, -0.1) is 0 Å². The Morgan fingerprint density at radius 2 is 0.392 bits per heavy atom. The Labute approximate surface area is 835 Å². The summed E-state index contributed by atoms with van der Waals surface area (Å²) >= 11 is 0. The van der Waals surface area contributed by atoms with Crippen LogP contribution in [0.1, 0.15) is 742 Å². The van der Waals surface area contributed by atoms with Crippen molar-refractivity contribution in [2.24, 2.45) is 51.8 Å². The molecule has 1 N–H and O–H groups in total. The van der Waals surface area contributed by atoms with Gasteiger partial charge >= 0.3 is 0 Å². The van der Waals surface area contributed by atoms with E-state index in [9.17, 15) is 0 Å². The lowest BCUT2D eigenvalue weighted by Gasteiger charge is -2.36. The van der Waals surface area contributed by atoms with Gasteiger partial charge in [0.2, 0.25) is 0 Å². The van der Waals surface area contributed by atoms with E-state index in [1.54, 1.807) is 7.11 Å². The van der Waals surface area contributed by atoms with Crippen LogP contribution in [0.3, 0.4) is 0 Å². The Hall–Kier alpha value is -0.120. The first-order valence-electron chi connectivity index (χ1n) is 59.0. The minimum atomic E-state index is -0.0648. The molecule has 3 nitrogen and oxygen atoms in total. The number of aliphatic hydroxyl groups is 1. The zero-order chi connectivity index (χ0) is 115. The van der Waals surface area contributed by atoms with Gasteiger partial charge in [-0.3, -0.25) is 0 Å². The normalized spacial score (nSPS) is 9.72. The molecule has 0 aromatic rings. The summed E-state index contributed by atoms with van der Waals surface area (Å²) in [5, 5.41) is 8.67. The average molecular weight is 1840 g/mol. The smallest absolute Gasteiger partial charge is 0.0542 e. The number of hydrogen-bond acceptors (Lipinski definition) is 3. The van der Waals surface area contributed by atoms with Crippen molar-refractivity contribution in [2.75, 3.05) is 20.3 Å². The maximum absolute atomic E-state index is 8.67. The number of ether oxygens (including phenoxy) is 2. The zero-order valence-corrected chi connectivity index (χ0v) is 114. The molecular formula is C122H328O3. The van der Waals surface area contributed by atoms with Crippen molar-refractivity contribution in [2.45, 2.75) is 754 Å². The fraction of sp³-hybridized carbons (Fsp3) is 1.00. The maximum atomic E-state index is 8.67. The summed E-state index contributed by atoms with van der Waals surface area (Å²) in [5.74, 6) is 5.56. The number of rotatable bonds is 9. The first-order valence-corrected chi connectivity index (χ1v) is 59.0. The molecule has 3 fully saturated rings. The van der Waals surface area contributed by atoms with Gasteiger partial charge in [-0.05, 0) is 105 Å². The van der Waals surface area contributed by atoms with Crippen molar-refractivity contribution in [3.63, 3.8) is 0 Å². The molecule has 834 valence electrons. The average Bonchev–Trinajstić information content (AvgIpc) is 1.77. The molecular weight excluding hydrogens is 1510 g/mol. The van der Waals surface area contributed by atoms with Gasteiger partial charge in [0.05, 0.1) is 25.4 Å². The lowest BCUT2D eigenvalue weighted by Crippen LogP contribution is -2.38. The standard InChI is InChI=1S/C6H12O.2C6H12.2C6H14.2C5H12O.2C5H12.36C2H6/c1-3-6(2)4-7-5-6;1-5-3-6(2)4-5;1-3-6(2)4-5-6;1-5-6(2,3)4;1-5(2)6(3)4;1-4-5(2)6-3;1-3-5(6)4-2;2*1-4-5(2)3;36*1-2/h3-5H2,1-2H3;5-6H,3-4H2,1-2H3;3-5H2,1-2H3;5H2,1-4H3;5-6H,1-4H3;5H,4H2,1-3H3;5-6H,3-4H2,1-2H3;2*5H,4H2,1-3H3;36*1-2H3. The molecule has 2 saturated carbocycles. The van der Waals surface area contributed by atoms with Crippen LogP contribution in [-0.4, -0.2) is 37.6 Å². The van der Waals surface area contributed by atoms with Gasteiger partial charge in [-0.1, -0.05) is 683 Å². The highest BCUT2D eigenvalue weighted by molar-refractivity contribution is 4.86. The second kappa shape index (κ2) is 558. The molecule has 3 aliphatic rings. The van der Waals surface area contributed by atoms with Crippen molar-refractivity contribution in [3.8, 4) is 0 Å². The lowest BCUT2D eigenvalue weighted by molar-refractivity contribution is -0.103. The van der Waals surface area contributed by atoms with Crippen LogP contribution in [0.5, 0.6) is 0 Å². The van der Waals surface area contributed by atoms with Crippen LogP contribution in [0, 0.1) is 51.8 Å². The molecule has 3 rings (SSSR count). The van der Waals surface area contributed by atoms with Crippen LogP contribution in [0.15, 0.2) is 0 Å². The van der Waals surface area contributed by atoms with Gasteiger partial charge in [0.25, 0.3) is 0 Å². The van der Waals surface area contributed by atoms with E-state index >= 15 is 0 Å². The maximum Gasteiger partial charge on any atom is 0.0542 e. The fourth-order valence-electron chi connectivity index (χ4n) is 2.98. The minimum absolute atomic E-state index is 0.0648. The Morgan fingerprint density at radius 3 is 0.392 bits per heavy atom. The molecule has 0 amide bonds. The van der Waals surface area contributed by atoms with Gasteiger partial charge < -0.3 is 14.6 Å². The molecule has 0 spiro atoms. The molecule has 3 heteroatoms. The minimum Gasteiger partial charge on any atom is -0.393 e. The van der Waals surface area contributed by atoms with Gasteiger partial charge in [0.1, 0.15) is 0 Å². The van der Waals surface area contributed by atoms with Crippen LogP contribution < -0.4 is 0 Å². The Bertz CT molecular complexity index is 616. The van der Waals surface area contributed by atoms with E-state index in [2.05, 4.69) is 152 Å². The number of methoxy groups -OCH3 is 1. The highest BCUT2D eigenvalue weighted by Crippen LogP contribution is 2.47. The molecule has 0 aromatic heterocycles. The first kappa shape index (κ1) is 279. The van der Waals surface area contributed by atoms with E-state index in [0.29, 0.717) is 16.9 Å². The lowest BCUT2D eigenvalue weighted by atomic mass is 9.78. The summed E-state index contributed by atoms with van der Waals surface area (Å²) in [6.45, 7) is 199. The highest BCUT2D eigenvalue weighted by Gasteiger charge is 2.34. The third-order valence-corrected chi connectivity index (χ3v) is 11.3. The third-order valence-electron chi connectivity index (χ3n) is 11.3. The summed E-state index contributed by atoms with van der Waals surface area (Å²) < 4.78 is 9.93. The number of aliphatic hydroxyl groups excluding tert-OH is 1. The van der Waals surface area contributed by atoms with Crippen LogP contribution in [0.25, 0.3) is 0 Å². The predicted molar refractivity (Wildman–Crippen MR) is 656 cm³/mol.